The molecule has 188 valence electrons. The summed E-state index contributed by atoms with van der Waals surface area (Å²) in [7, 11) is 4.45. The first-order valence-corrected chi connectivity index (χ1v) is 11.5. The van der Waals surface area contributed by atoms with Gasteiger partial charge in [0.05, 0.1) is 25.5 Å². The molecule has 0 aliphatic heterocycles. The molecule has 0 spiro atoms. The Balaban J connectivity index is 1.70. The van der Waals surface area contributed by atoms with Crippen molar-refractivity contribution in [3.63, 3.8) is 0 Å². The average Bonchev–Trinajstić information content (AvgIpc) is 2.88. The van der Waals surface area contributed by atoms with E-state index < -0.39 is 18.5 Å². The zero-order valence-corrected chi connectivity index (χ0v) is 20.3. The second kappa shape index (κ2) is 12.2. The molecule has 0 radical (unpaired) electrons. The van der Waals surface area contributed by atoms with Crippen LogP contribution in [0.25, 0.3) is 0 Å². The molecular formula is C26H31FN2O6. The van der Waals surface area contributed by atoms with E-state index in [-0.39, 0.29) is 41.2 Å². The van der Waals surface area contributed by atoms with E-state index in [0.717, 1.165) is 37.7 Å². The van der Waals surface area contributed by atoms with Crippen molar-refractivity contribution < 1.29 is 33.0 Å². The number of rotatable bonds is 9. The summed E-state index contributed by atoms with van der Waals surface area (Å²) in [6, 6.07) is 8.72. The summed E-state index contributed by atoms with van der Waals surface area (Å²) in [4.78, 5) is 39.6. The van der Waals surface area contributed by atoms with Gasteiger partial charge in [-0.25, -0.2) is 9.18 Å². The smallest absolute Gasteiger partial charge is 0.340 e. The molecule has 1 aliphatic carbocycles. The van der Waals surface area contributed by atoms with Gasteiger partial charge in [0.1, 0.15) is 5.82 Å². The maximum absolute atomic E-state index is 13.1. The molecule has 1 aliphatic rings. The van der Waals surface area contributed by atoms with E-state index in [9.17, 15) is 18.8 Å². The normalized spacial score (nSPS) is 13.6. The predicted octanol–water partition coefficient (Wildman–Crippen LogP) is 4.18. The van der Waals surface area contributed by atoms with Crippen LogP contribution in [0.2, 0.25) is 0 Å². The number of esters is 1. The quantitative estimate of drug-likeness (QED) is 0.535. The third-order valence-electron chi connectivity index (χ3n) is 6.06. The summed E-state index contributed by atoms with van der Waals surface area (Å²) in [6.45, 7) is -0.267. The van der Waals surface area contributed by atoms with Gasteiger partial charge in [-0.3, -0.25) is 9.59 Å². The minimum absolute atomic E-state index is 0.0563. The first-order chi connectivity index (χ1) is 16.8. The van der Waals surface area contributed by atoms with Gasteiger partial charge in [-0.2, -0.15) is 0 Å². The van der Waals surface area contributed by atoms with E-state index in [1.165, 1.54) is 43.4 Å². The number of halogens is 1. The highest BCUT2D eigenvalue weighted by Crippen LogP contribution is 2.35. The maximum Gasteiger partial charge on any atom is 0.340 e. The molecule has 3 rings (SSSR count). The molecule has 8 nitrogen and oxygen atoms in total. The largest absolute Gasteiger partial charge is 0.493 e. The Morgan fingerprint density at radius 3 is 2.26 bits per heavy atom. The minimum Gasteiger partial charge on any atom is -0.493 e. The fourth-order valence-electron chi connectivity index (χ4n) is 4.02. The standard InChI is InChI=1S/C26H31FN2O6/c1-29(15-17-9-11-19(27)12-10-17)24(30)16-35-26(32)20-13-22(33-2)23(34-3)14-21(20)28-25(31)18-7-5-4-6-8-18/h9-14,18H,4-8,15-16H2,1-3H3,(H,28,31). The summed E-state index contributed by atoms with van der Waals surface area (Å²) in [5.41, 5.74) is 1.03. The highest BCUT2D eigenvalue weighted by atomic mass is 19.1. The van der Waals surface area contributed by atoms with Gasteiger partial charge in [0.25, 0.3) is 5.91 Å². The lowest BCUT2D eigenvalue weighted by Crippen LogP contribution is -2.31. The Morgan fingerprint density at radius 1 is 1.00 bits per heavy atom. The van der Waals surface area contributed by atoms with E-state index in [0.29, 0.717) is 5.75 Å². The molecular weight excluding hydrogens is 455 g/mol. The number of benzene rings is 2. The number of nitrogens with one attached hydrogen (secondary N) is 1. The number of amides is 2. The molecule has 0 unspecified atom stereocenters. The summed E-state index contributed by atoms with van der Waals surface area (Å²) in [5.74, 6) is -1.24. The van der Waals surface area contributed by atoms with Crippen molar-refractivity contribution in [3.05, 3.63) is 53.3 Å². The Kier molecular flexibility index (Phi) is 9.05. The van der Waals surface area contributed by atoms with Crippen LogP contribution < -0.4 is 14.8 Å². The number of ether oxygens (including phenoxy) is 3. The third-order valence-corrected chi connectivity index (χ3v) is 6.06. The van der Waals surface area contributed by atoms with Crippen molar-refractivity contribution in [1.82, 2.24) is 4.90 Å². The number of carbonyl (C=O) groups is 3. The van der Waals surface area contributed by atoms with Crippen molar-refractivity contribution in [2.75, 3.05) is 33.2 Å². The van der Waals surface area contributed by atoms with Gasteiger partial charge in [0.15, 0.2) is 18.1 Å². The summed E-state index contributed by atoms with van der Waals surface area (Å²) >= 11 is 0. The number of methoxy groups -OCH3 is 2. The molecule has 35 heavy (non-hydrogen) atoms. The SMILES string of the molecule is COc1cc(NC(=O)C2CCCCC2)c(C(=O)OCC(=O)N(C)Cc2ccc(F)cc2)cc1OC. The topological polar surface area (TPSA) is 94.2 Å². The zero-order valence-electron chi connectivity index (χ0n) is 20.3. The summed E-state index contributed by atoms with van der Waals surface area (Å²) in [5, 5.41) is 2.83. The Hall–Kier alpha value is -3.62. The van der Waals surface area contributed by atoms with Gasteiger partial charge in [-0.05, 0) is 30.5 Å². The van der Waals surface area contributed by atoms with E-state index in [4.69, 9.17) is 14.2 Å². The van der Waals surface area contributed by atoms with Crippen LogP contribution in [0.1, 0.15) is 48.0 Å². The van der Waals surface area contributed by atoms with Gasteiger partial charge in [0, 0.05) is 31.6 Å². The van der Waals surface area contributed by atoms with E-state index >= 15 is 0 Å². The number of carbonyl (C=O) groups excluding carboxylic acids is 3. The first-order valence-electron chi connectivity index (χ1n) is 11.5. The van der Waals surface area contributed by atoms with Crippen molar-refractivity contribution in [2.24, 2.45) is 5.92 Å². The van der Waals surface area contributed by atoms with Gasteiger partial charge in [-0.1, -0.05) is 31.4 Å². The molecule has 2 aromatic rings. The first kappa shape index (κ1) is 26.0. The van der Waals surface area contributed by atoms with Crippen LogP contribution in [-0.2, 0) is 20.9 Å². The van der Waals surface area contributed by atoms with Crippen molar-refractivity contribution >= 4 is 23.5 Å². The van der Waals surface area contributed by atoms with Crippen LogP contribution in [0.5, 0.6) is 11.5 Å². The van der Waals surface area contributed by atoms with E-state index in [1.54, 1.807) is 19.2 Å². The number of anilines is 1. The number of hydrogen-bond acceptors (Lipinski definition) is 6. The molecule has 1 saturated carbocycles. The minimum atomic E-state index is -0.784. The Labute approximate surface area is 204 Å². The van der Waals surface area contributed by atoms with Crippen LogP contribution in [0.4, 0.5) is 10.1 Å². The monoisotopic (exact) mass is 486 g/mol. The predicted molar refractivity (Wildman–Crippen MR) is 128 cm³/mol. The van der Waals surface area contributed by atoms with Crippen molar-refractivity contribution in [2.45, 2.75) is 38.6 Å². The lowest BCUT2D eigenvalue weighted by atomic mass is 9.88. The second-order valence-corrected chi connectivity index (χ2v) is 8.53. The van der Waals surface area contributed by atoms with Crippen molar-refractivity contribution in [3.8, 4) is 11.5 Å². The molecule has 9 heteroatoms. The molecule has 0 bridgehead atoms. The highest BCUT2D eigenvalue weighted by Gasteiger charge is 2.25. The van der Waals surface area contributed by atoms with Crippen LogP contribution in [0.15, 0.2) is 36.4 Å². The maximum atomic E-state index is 13.1. The average molecular weight is 487 g/mol. The van der Waals surface area contributed by atoms with Gasteiger partial charge in [0.2, 0.25) is 5.91 Å². The summed E-state index contributed by atoms with van der Waals surface area (Å²) in [6.07, 6.45) is 4.70. The zero-order chi connectivity index (χ0) is 25.4. The third kappa shape index (κ3) is 6.94. The molecule has 0 heterocycles. The molecule has 0 saturated heterocycles. The lowest BCUT2D eigenvalue weighted by Gasteiger charge is -2.22. The Bertz CT molecular complexity index is 1050. The van der Waals surface area contributed by atoms with Crippen LogP contribution in [-0.4, -0.2) is 50.6 Å². The van der Waals surface area contributed by atoms with E-state index in [2.05, 4.69) is 5.32 Å². The van der Waals surface area contributed by atoms with Crippen LogP contribution in [0.3, 0.4) is 0 Å². The molecule has 2 amide bonds. The molecule has 1 fully saturated rings. The van der Waals surface area contributed by atoms with Gasteiger partial charge in [-0.15, -0.1) is 0 Å². The van der Waals surface area contributed by atoms with Crippen LogP contribution >= 0.6 is 0 Å². The fourth-order valence-corrected chi connectivity index (χ4v) is 4.02. The molecule has 0 aromatic heterocycles. The fraction of sp³-hybridized carbons (Fsp3) is 0.423. The van der Waals surface area contributed by atoms with Gasteiger partial charge >= 0.3 is 5.97 Å². The van der Waals surface area contributed by atoms with Gasteiger partial charge < -0.3 is 24.4 Å². The highest BCUT2D eigenvalue weighted by molar-refractivity contribution is 6.03. The van der Waals surface area contributed by atoms with Crippen LogP contribution in [0, 0.1) is 11.7 Å². The molecule has 0 atom stereocenters. The molecule has 1 N–H and O–H groups in total. The van der Waals surface area contributed by atoms with E-state index in [1.807, 2.05) is 0 Å². The van der Waals surface area contributed by atoms with Crippen molar-refractivity contribution in [1.29, 1.82) is 0 Å². The number of likely N-dealkylation sites (N-methyl/N-ethyl adjacent to an activating group) is 1. The second-order valence-electron chi connectivity index (χ2n) is 8.53. The number of hydrogen-bond donors (Lipinski definition) is 1. The Morgan fingerprint density at radius 2 is 1.63 bits per heavy atom. The number of nitrogens with zero attached hydrogens (tertiary/aromatic N) is 1. The molecule has 2 aromatic carbocycles. The lowest BCUT2D eigenvalue weighted by molar-refractivity contribution is -0.133. The summed E-state index contributed by atoms with van der Waals surface area (Å²) < 4.78 is 29.0.